The number of ether oxygens (including phenoxy) is 1. The number of Topliss-reactive ketones (excluding diaryl/α,β-unsaturated/α-hetero) is 1. The predicted octanol–water partition coefficient (Wildman–Crippen LogP) is 2.53. The van der Waals surface area contributed by atoms with Gasteiger partial charge in [0.1, 0.15) is 0 Å². The van der Waals surface area contributed by atoms with Crippen molar-refractivity contribution < 1.29 is 23.9 Å². The lowest BCUT2D eigenvalue weighted by atomic mass is 10.1. The molecule has 0 aliphatic carbocycles. The number of hydrogen-bond donors (Lipinski definition) is 2. The molecule has 0 unspecified atom stereocenters. The number of hydrogen-bond acceptors (Lipinski definition) is 5. The molecule has 3 amide bonds. The van der Waals surface area contributed by atoms with Crippen molar-refractivity contribution in [2.45, 2.75) is 26.3 Å². The van der Waals surface area contributed by atoms with Gasteiger partial charge in [-0.25, -0.2) is 4.79 Å². The molecule has 7 heteroatoms. The molecule has 0 spiro atoms. The fourth-order valence-electron chi connectivity index (χ4n) is 2.30. The van der Waals surface area contributed by atoms with Crippen molar-refractivity contribution in [1.82, 2.24) is 10.6 Å². The Balaban J connectivity index is 1.63. The van der Waals surface area contributed by atoms with E-state index in [-0.39, 0.29) is 25.2 Å². The van der Waals surface area contributed by atoms with Gasteiger partial charge >= 0.3 is 12.0 Å². The highest BCUT2D eigenvalue weighted by molar-refractivity contribution is 5.98. The maximum absolute atomic E-state index is 12.0. The molecule has 0 saturated heterocycles. The van der Waals surface area contributed by atoms with E-state index in [0.29, 0.717) is 5.56 Å². The second kappa shape index (κ2) is 10.6. The van der Waals surface area contributed by atoms with Gasteiger partial charge in [-0.15, -0.1) is 0 Å². The molecule has 0 bridgehead atoms. The van der Waals surface area contributed by atoms with Crippen LogP contribution in [0.5, 0.6) is 0 Å². The minimum Gasteiger partial charge on any atom is -0.456 e. The standard InChI is InChI=1S/C21H22N2O5/c1-15-7-9-17(10-8-15)18(24)11-12-20(26)28-14-19(25)23-21(27)22-13-16-5-3-2-4-6-16/h2-10H,11-14H2,1H3,(H2,22,23,25,27). The van der Waals surface area contributed by atoms with E-state index in [1.165, 1.54) is 0 Å². The van der Waals surface area contributed by atoms with Crippen molar-refractivity contribution in [3.63, 3.8) is 0 Å². The monoisotopic (exact) mass is 382 g/mol. The third kappa shape index (κ3) is 7.41. The highest BCUT2D eigenvalue weighted by Gasteiger charge is 2.13. The van der Waals surface area contributed by atoms with E-state index >= 15 is 0 Å². The Morgan fingerprint density at radius 1 is 0.893 bits per heavy atom. The number of ketones is 1. The normalized spacial score (nSPS) is 10.0. The van der Waals surface area contributed by atoms with Gasteiger partial charge in [0.05, 0.1) is 6.42 Å². The van der Waals surface area contributed by atoms with Crippen molar-refractivity contribution in [2.24, 2.45) is 0 Å². The number of benzene rings is 2. The van der Waals surface area contributed by atoms with Gasteiger partial charge in [-0.1, -0.05) is 60.2 Å². The number of imide groups is 1. The van der Waals surface area contributed by atoms with E-state index < -0.39 is 24.5 Å². The molecule has 0 heterocycles. The van der Waals surface area contributed by atoms with Crippen LogP contribution in [0.1, 0.15) is 34.3 Å². The van der Waals surface area contributed by atoms with Gasteiger partial charge in [-0.3, -0.25) is 19.7 Å². The summed E-state index contributed by atoms with van der Waals surface area (Å²) in [5, 5.41) is 4.59. The quantitative estimate of drug-likeness (QED) is 0.540. The van der Waals surface area contributed by atoms with Crippen LogP contribution >= 0.6 is 0 Å². The van der Waals surface area contributed by atoms with Gasteiger partial charge in [-0.05, 0) is 12.5 Å². The van der Waals surface area contributed by atoms with Crippen LogP contribution in [-0.2, 0) is 20.9 Å². The number of esters is 1. The van der Waals surface area contributed by atoms with Crippen molar-refractivity contribution >= 4 is 23.7 Å². The summed E-state index contributed by atoms with van der Waals surface area (Å²) >= 11 is 0. The molecule has 0 atom stereocenters. The lowest BCUT2D eigenvalue weighted by Crippen LogP contribution is -2.41. The van der Waals surface area contributed by atoms with Crippen molar-refractivity contribution in [3.05, 3.63) is 71.3 Å². The maximum Gasteiger partial charge on any atom is 0.321 e. The lowest BCUT2D eigenvalue weighted by molar-refractivity contribution is -0.148. The number of aryl methyl sites for hydroxylation is 1. The first-order valence-electron chi connectivity index (χ1n) is 8.81. The number of urea groups is 1. The van der Waals surface area contributed by atoms with Crippen molar-refractivity contribution in [1.29, 1.82) is 0 Å². The SMILES string of the molecule is Cc1ccc(C(=O)CCC(=O)OCC(=O)NC(=O)NCc2ccccc2)cc1. The Hall–Kier alpha value is -3.48. The van der Waals surface area contributed by atoms with Crippen molar-refractivity contribution in [3.8, 4) is 0 Å². The number of carbonyl (C=O) groups excluding carboxylic acids is 4. The number of nitrogens with one attached hydrogen (secondary N) is 2. The van der Waals surface area contributed by atoms with Gasteiger partial charge in [0.15, 0.2) is 12.4 Å². The minimum absolute atomic E-state index is 0.0128. The Bertz CT molecular complexity index is 832. The molecule has 2 aromatic carbocycles. The number of rotatable bonds is 8. The zero-order valence-corrected chi connectivity index (χ0v) is 15.6. The minimum atomic E-state index is -0.747. The average molecular weight is 382 g/mol. The molecule has 2 N–H and O–H groups in total. The van der Waals surface area contributed by atoms with Crippen LogP contribution in [0.4, 0.5) is 4.79 Å². The zero-order chi connectivity index (χ0) is 20.4. The second-order valence-corrected chi connectivity index (χ2v) is 6.17. The fraction of sp³-hybridized carbons (Fsp3) is 0.238. The van der Waals surface area contributed by atoms with Crippen LogP contribution < -0.4 is 10.6 Å². The molecule has 0 saturated carbocycles. The van der Waals surface area contributed by atoms with Crippen LogP contribution in [0.15, 0.2) is 54.6 Å². The Morgan fingerprint density at radius 3 is 2.25 bits per heavy atom. The van der Waals surface area contributed by atoms with E-state index in [9.17, 15) is 19.2 Å². The van der Waals surface area contributed by atoms with Crippen molar-refractivity contribution in [2.75, 3.05) is 6.61 Å². The van der Waals surface area contributed by atoms with E-state index in [1.54, 1.807) is 12.1 Å². The smallest absolute Gasteiger partial charge is 0.321 e. The highest BCUT2D eigenvalue weighted by atomic mass is 16.5. The lowest BCUT2D eigenvalue weighted by Gasteiger charge is -2.07. The topological polar surface area (TPSA) is 102 Å². The summed E-state index contributed by atoms with van der Waals surface area (Å²) in [5.74, 6) is -1.61. The molecule has 7 nitrogen and oxygen atoms in total. The third-order valence-corrected chi connectivity index (χ3v) is 3.84. The molecule has 0 aliphatic heterocycles. The van der Waals surface area contributed by atoms with Crippen LogP contribution in [-0.4, -0.2) is 30.3 Å². The van der Waals surface area contributed by atoms with Crippen LogP contribution in [0.2, 0.25) is 0 Å². The fourth-order valence-corrected chi connectivity index (χ4v) is 2.30. The molecule has 0 fully saturated rings. The summed E-state index contributed by atoms with van der Waals surface area (Å²) in [6, 6.07) is 15.6. The molecular formula is C21H22N2O5. The zero-order valence-electron chi connectivity index (χ0n) is 15.6. The van der Waals surface area contributed by atoms with Crippen LogP contribution in [0.3, 0.4) is 0 Å². The van der Waals surface area contributed by atoms with Crippen LogP contribution in [0, 0.1) is 6.92 Å². The summed E-state index contributed by atoms with van der Waals surface area (Å²) < 4.78 is 4.79. The molecule has 146 valence electrons. The highest BCUT2D eigenvalue weighted by Crippen LogP contribution is 2.08. The summed E-state index contributed by atoms with van der Waals surface area (Å²) in [6.07, 6.45) is -0.152. The largest absolute Gasteiger partial charge is 0.456 e. The Kier molecular flexibility index (Phi) is 7.90. The predicted molar refractivity (Wildman–Crippen MR) is 103 cm³/mol. The first-order valence-corrected chi connectivity index (χ1v) is 8.81. The number of carbonyl (C=O) groups is 4. The summed E-state index contributed by atoms with van der Waals surface area (Å²) in [4.78, 5) is 47.0. The van der Waals surface area contributed by atoms with Gasteiger partial charge in [0, 0.05) is 18.5 Å². The average Bonchev–Trinajstić information content (AvgIpc) is 2.70. The first-order chi connectivity index (χ1) is 13.4. The molecule has 2 aromatic rings. The van der Waals surface area contributed by atoms with E-state index in [1.807, 2.05) is 49.4 Å². The molecule has 0 aromatic heterocycles. The third-order valence-electron chi connectivity index (χ3n) is 3.84. The molecule has 0 radical (unpaired) electrons. The summed E-state index contributed by atoms with van der Waals surface area (Å²) in [5.41, 5.74) is 2.44. The first kappa shape index (κ1) is 20.8. The Labute approximate surface area is 163 Å². The van der Waals surface area contributed by atoms with E-state index in [0.717, 1.165) is 11.1 Å². The molecule has 0 aliphatic rings. The number of amides is 3. The second-order valence-electron chi connectivity index (χ2n) is 6.17. The molecule has 2 rings (SSSR count). The van der Waals surface area contributed by atoms with Crippen LogP contribution in [0.25, 0.3) is 0 Å². The molecule has 28 heavy (non-hydrogen) atoms. The van der Waals surface area contributed by atoms with E-state index in [2.05, 4.69) is 10.6 Å². The van der Waals surface area contributed by atoms with Gasteiger partial charge in [0.25, 0.3) is 5.91 Å². The summed E-state index contributed by atoms with van der Waals surface area (Å²) in [6.45, 7) is 1.59. The van der Waals surface area contributed by atoms with Gasteiger partial charge in [-0.2, -0.15) is 0 Å². The Morgan fingerprint density at radius 2 is 1.57 bits per heavy atom. The van der Waals surface area contributed by atoms with E-state index in [4.69, 9.17) is 4.74 Å². The summed E-state index contributed by atoms with van der Waals surface area (Å²) in [7, 11) is 0. The maximum atomic E-state index is 12.0. The van der Waals surface area contributed by atoms with Gasteiger partial charge in [0.2, 0.25) is 0 Å². The molecular weight excluding hydrogens is 360 g/mol. The van der Waals surface area contributed by atoms with Gasteiger partial charge < -0.3 is 10.1 Å².